The van der Waals surface area contributed by atoms with Crippen LogP contribution in [-0.4, -0.2) is 0 Å². The highest BCUT2D eigenvalue weighted by Crippen LogP contribution is 2.47. The van der Waals surface area contributed by atoms with E-state index in [0.717, 1.165) is 11.1 Å². The van der Waals surface area contributed by atoms with E-state index in [9.17, 15) is 0 Å². The highest BCUT2D eigenvalue weighted by molar-refractivity contribution is 6.18. The van der Waals surface area contributed by atoms with E-state index in [1.54, 1.807) is 0 Å². The Labute approximate surface area is 221 Å². The van der Waals surface area contributed by atoms with Crippen LogP contribution in [0.5, 0.6) is 0 Å². The molecule has 0 N–H and O–H groups in total. The molecular weight excluding hydrogens is 456 g/mol. The fraction of sp³-hybridized carbons (Fsp3) is 0. The van der Waals surface area contributed by atoms with Crippen molar-refractivity contribution in [3.63, 3.8) is 0 Å². The van der Waals surface area contributed by atoms with Gasteiger partial charge < -0.3 is 0 Å². The van der Waals surface area contributed by atoms with E-state index in [4.69, 9.17) is 0 Å². The molecule has 0 saturated carbocycles. The molecule has 0 heteroatoms. The summed E-state index contributed by atoms with van der Waals surface area (Å²) >= 11 is 0. The summed E-state index contributed by atoms with van der Waals surface area (Å²) in [4.78, 5) is 0. The maximum atomic E-state index is 3.65. The molecule has 0 bridgehead atoms. The summed E-state index contributed by atoms with van der Waals surface area (Å²) < 4.78 is 0. The van der Waals surface area contributed by atoms with E-state index in [1.165, 1.54) is 65.7 Å². The second-order valence-corrected chi connectivity index (χ2v) is 9.89. The zero-order valence-electron chi connectivity index (χ0n) is 20.7. The molecule has 0 amide bonds. The van der Waals surface area contributed by atoms with E-state index in [-0.39, 0.29) is 0 Å². The lowest BCUT2D eigenvalue weighted by atomic mass is 9.88. The van der Waals surface area contributed by atoms with Gasteiger partial charge in [-0.1, -0.05) is 139 Å². The fourth-order valence-electron chi connectivity index (χ4n) is 6.23. The monoisotopic (exact) mass is 478 g/mol. The van der Waals surface area contributed by atoms with Crippen LogP contribution in [0.2, 0.25) is 0 Å². The van der Waals surface area contributed by atoms with Gasteiger partial charge in [0.1, 0.15) is 0 Å². The van der Waals surface area contributed by atoms with E-state index in [0.29, 0.717) is 0 Å². The summed E-state index contributed by atoms with van der Waals surface area (Å²) in [5.41, 5.74) is 9.89. The summed E-state index contributed by atoms with van der Waals surface area (Å²) in [6.45, 7) is 0. The van der Waals surface area contributed by atoms with Crippen LogP contribution in [0.25, 0.3) is 65.7 Å². The summed E-state index contributed by atoms with van der Waals surface area (Å²) in [6.07, 6.45) is 0. The average molecular weight is 479 g/mol. The Morgan fingerprint density at radius 3 is 1.55 bits per heavy atom. The van der Waals surface area contributed by atoms with Gasteiger partial charge in [-0.15, -0.1) is 0 Å². The van der Waals surface area contributed by atoms with Crippen molar-refractivity contribution in [2.24, 2.45) is 0 Å². The number of fused-ring (bicyclic) bond motifs is 5. The molecule has 0 unspecified atom stereocenters. The summed E-state index contributed by atoms with van der Waals surface area (Å²) in [5.74, 6) is 7.25. The van der Waals surface area contributed by atoms with Crippen molar-refractivity contribution in [3.05, 3.63) is 145 Å². The zero-order valence-corrected chi connectivity index (χ0v) is 20.7. The average Bonchev–Trinajstić information content (AvgIpc) is 3.31. The van der Waals surface area contributed by atoms with Gasteiger partial charge in [-0.25, -0.2) is 0 Å². The molecule has 0 nitrogen and oxygen atoms in total. The van der Waals surface area contributed by atoms with Crippen LogP contribution in [0.1, 0.15) is 11.1 Å². The van der Waals surface area contributed by atoms with Crippen molar-refractivity contribution in [1.29, 1.82) is 0 Å². The van der Waals surface area contributed by atoms with Crippen LogP contribution < -0.4 is 0 Å². The predicted octanol–water partition coefficient (Wildman–Crippen LogP) is 9.86. The van der Waals surface area contributed by atoms with Gasteiger partial charge in [0.2, 0.25) is 0 Å². The normalized spacial score (nSPS) is 11.5. The number of benzene rings is 7. The molecule has 1 aliphatic rings. The number of hydrogen-bond acceptors (Lipinski definition) is 0. The van der Waals surface area contributed by atoms with Gasteiger partial charge in [0.25, 0.3) is 0 Å². The standard InChI is InChI=1S/C38H22/c1-2-11-26(12-3-1)37-33-17-8-6-15-30(33)32(31-16-7-9-18-34(31)37)23-21-25-22-24-36-29-14-5-4-13-28(29)35-20-10-19-27(25)38(35)36/h1-20,22,24H. The minimum atomic E-state index is 1.07. The molecule has 0 heterocycles. The van der Waals surface area contributed by atoms with E-state index >= 15 is 0 Å². The minimum Gasteiger partial charge on any atom is -0.0622 e. The van der Waals surface area contributed by atoms with E-state index in [2.05, 4.69) is 145 Å². The molecular formula is C38H22. The molecule has 7 aromatic carbocycles. The van der Waals surface area contributed by atoms with Crippen LogP contribution in [-0.2, 0) is 0 Å². The molecule has 1 aliphatic carbocycles. The van der Waals surface area contributed by atoms with Gasteiger partial charge in [-0.3, -0.25) is 0 Å². The van der Waals surface area contributed by atoms with E-state index in [1.807, 2.05) is 0 Å². The smallest absolute Gasteiger partial charge is 0.0406 e. The Bertz CT molecular complexity index is 2030. The highest BCUT2D eigenvalue weighted by Gasteiger charge is 2.21. The molecule has 0 spiro atoms. The molecule has 174 valence electrons. The lowest BCUT2D eigenvalue weighted by Crippen LogP contribution is -1.90. The van der Waals surface area contributed by atoms with Crippen LogP contribution in [0, 0.1) is 11.8 Å². The van der Waals surface area contributed by atoms with Gasteiger partial charge >= 0.3 is 0 Å². The van der Waals surface area contributed by atoms with Gasteiger partial charge in [-0.2, -0.15) is 0 Å². The highest BCUT2D eigenvalue weighted by atomic mass is 14.2. The summed E-state index contributed by atoms with van der Waals surface area (Å²) in [7, 11) is 0. The largest absolute Gasteiger partial charge is 0.0622 e. The minimum absolute atomic E-state index is 1.07. The Morgan fingerprint density at radius 2 is 0.868 bits per heavy atom. The lowest BCUT2D eigenvalue weighted by molar-refractivity contribution is 1.66. The second kappa shape index (κ2) is 8.20. The first-order valence-corrected chi connectivity index (χ1v) is 13.0. The number of hydrogen-bond donors (Lipinski definition) is 0. The zero-order chi connectivity index (χ0) is 25.1. The van der Waals surface area contributed by atoms with Gasteiger partial charge in [-0.05, 0) is 71.8 Å². The Balaban J connectivity index is 1.40. The first-order valence-electron chi connectivity index (χ1n) is 13.0. The molecule has 0 radical (unpaired) electrons. The van der Waals surface area contributed by atoms with Gasteiger partial charge in [0, 0.05) is 11.1 Å². The molecule has 38 heavy (non-hydrogen) atoms. The SMILES string of the molecule is C(#Cc1ccc2c3c(cccc13)-c1ccccc1-2)c1c2ccccc2c(-c2ccccc2)c2ccccc12. The van der Waals surface area contributed by atoms with Crippen molar-refractivity contribution < 1.29 is 0 Å². The third-order valence-corrected chi connectivity index (χ3v) is 7.86. The van der Waals surface area contributed by atoms with E-state index < -0.39 is 0 Å². The van der Waals surface area contributed by atoms with Crippen molar-refractivity contribution in [2.75, 3.05) is 0 Å². The molecule has 0 aliphatic heterocycles. The van der Waals surface area contributed by atoms with Gasteiger partial charge in [0.05, 0.1) is 0 Å². The van der Waals surface area contributed by atoms with Crippen LogP contribution in [0.3, 0.4) is 0 Å². The number of rotatable bonds is 1. The maximum Gasteiger partial charge on any atom is 0.0406 e. The molecule has 7 aromatic rings. The van der Waals surface area contributed by atoms with Crippen LogP contribution in [0.4, 0.5) is 0 Å². The van der Waals surface area contributed by atoms with Crippen molar-refractivity contribution >= 4 is 32.3 Å². The first-order chi connectivity index (χ1) is 18.9. The maximum absolute atomic E-state index is 3.65. The topological polar surface area (TPSA) is 0 Å². The third-order valence-electron chi connectivity index (χ3n) is 7.86. The summed E-state index contributed by atoms with van der Waals surface area (Å²) in [5, 5.41) is 7.38. The molecule has 8 rings (SSSR count). The van der Waals surface area contributed by atoms with Crippen LogP contribution >= 0.6 is 0 Å². The Kier molecular flexibility index (Phi) is 4.54. The Hall–Kier alpha value is -5.12. The molecule has 0 saturated heterocycles. The third kappa shape index (κ3) is 3.00. The lowest BCUT2D eigenvalue weighted by Gasteiger charge is -2.14. The molecule has 0 aromatic heterocycles. The summed E-state index contributed by atoms with van der Waals surface area (Å²) in [6, 6.07) is 47.8. The fourth-order valence-corrected chi connectivity index (χ4v) is 6.23. The second-order valence-electron chi connectivity index (χ2n) is 9.89. The van der Waals surface area contributed by atoms with Gasteiger partial charge in [0.15, 0.2) is 0 Å². The molecule has 0 fully saturated rings. The first kappa shape index (κ1) is 21.0. The predicted molar refractivity (Wildman–Crippen MR) is 161 cm³/mol. The van der Waals surface area contributed by atoms with Crippen molar-refractivity contribution in [1.82, 2.24) is 0 Å². The van der Waals surface area contributed by atoms with Crippen molar-refractivity contribution in [2.45, 2.75) is 0 Å². The van der Waals surface area contributed by atoms with Crippen LogP contribution in [0.15, 0.2) is 133 Å². The Morgan fingerprint density at radius 1 is 0.342 bits per heavy atom. The quantitative estimate of drug-likeness (QED) is 0.163. The molecule has 0 atom stereocenters. The van der Waals surface area contributed by atoms with Crippen molar-refractivity contribution in [3.8, 4) is 45.2 Å².